The molecule has 1 heterocycles. The second-order valence-corrected chi connectivity index (χ2v) is 6.70. The van der Waals surface area contributed by atoms with Crippen LogP contribution in [0.1, 0.15) is 29.5 Å². The van der Waals surface area contributed by atoms with E-state index < -0.39 is 10.0 Å². The summed E-state index contributed by atoms with van der Waals surface area (Å²) < 4.78 is 29.4. The number of halogens is 1. The Kier molecular flexibility index (Phi) is 8.57. The Balaban J connectivity index is 0.00000400. The summed E-state index contributed by atoms with van der Waals surface area (Å²) in [7, 11) is -1.63. The fourth-order valence-electron chi connectivity index (χ4n) is 1.57. The summed E-state index contributed by atoms with van der Waals surface area (Å²) in [6.45, 7) is 2.61. The minimum atomic E-state index is -3.16. The maximum absolute atomic E-state index is 11.7. The maximum atomic E-state index is 11.7. The van der Waals surface area contributed by atoms with Crippen molar-refractivity contribution in [2.45, 2.75) is 19.9 Å². The lowest BCUT2D eigenvalue weighted by atomic mass is 10.3. The van der Waals surface area contributed by atoms with Gasteiger partial charge in [0.1, 0.15) is 12.0 Å². The van der Waals surface area contributed by atoms with Crippen molar-refractivity contribution in [2.75, 3.05) is 25.9 Å². The quantitative estimate of drug-likeness (QED) is 0.673. The predicted molar refractivity (Wildman–Crippen MR) is 82.9 cm³/mol. The van der Waals surface area contributed by atoms with Crippen molar-refractivity contribution >= 4 is 28.3 Å². The van der Waals surface area contributed by atoms with Gasteiger partial charge >= 0.3 is 0 Å². The topological polar surface area (TPSA) is 106 Å². The molecule has 122 valence electrons. The zero-order chi connectivity index (χ0) is 15.2. The van der Waals surface area contributed by atoms with Crippen LogP contribution in [0.3, 0.4) is 0 Å². The van der Waals surface area contributed by atoms with E-state index in [0.717, 1.165) is 0 Å². The number of furan rings is 1. The first-order chi connectivity index (χ1) is 9.40. The zero-order valence-electron chi connectivity index (χ0n) is 12.2. The summed E-state index contributed by atoms with van der Waals surface area (Å²) in [4.78, 5) is 11.7. The lowest BCUT2D eigenvalue weighted by molar-refractivity contribution is 0.0952. The molecule has 0 atom stereocenters. The van der Waals surface area contributed by atoms with Crippen molar-refractivity contribution < 1.29 is 17.6 Å². The van der Waals surface area contributed by atoms with E-state index in [-0.39, 0.29) is 30.6 Å². The average Bonchev–Trinajstić information content (AvgIpc) is 2.91. The molecule has 1 rings (SSSR count). The zero-order valence-corrected chi connectivity index (χ0v) is 13.8. The van der Waals surface area contributed by atoms with Gasteiger partial charge in [0.2, 0.25) is 10.0 Å². The SMILES string of the molecule is CCS(=O)(=O)N(C)CCCNC(=O)c1coc(CN)c1.Cl. The highest BCUT2D eigenvalue weighted by molar-refractivity contribution is 7.89. The summed E-state index contributed by atoms with van der Waals surface area (Å²) >= 11 is 0. The first-order valence-corrected chi connectivity index (χ1v) is 8.01. The average molecular weight is 340 g/mol. The van der Waals surface area contributed by atoms with Crippen LogP contribution in [-0.2, 0) is 16.6 Å². The van der Waals surface area contributed by atoms with E-state index >= 15 is 0 Å². The minimum Gasteiger partial charge on any atom is -0.467 e. The smallest absolute Gasteiger partial charge is 0.254 e. The molecule has 3 N–H and O–H groups in total. The van der Waals surface area contributed by atoms with Crippen LogP contribution in [0, 0.1) is 0 Å². The van der Waals surface area contributed by atoms with E-state index in [4.69, 9.17) is 10.2 Å². The molecule has 0 spiro atoms. The van der Waals surface area contributed by atoms with Gasteiger partial charge in [-0.05, 0) is 19.4 Å². The molecule has 0 saturated carbocycles. The van der Waals surface area contributed by atoms with Crippen molar-refractivity contribution in [1.29, 1.82) is 0 Å². The second kappa shape index (κ2) is 9.04. The van der Waals surface area contributed by atoms with E-state index in [9.17, 15) is 13.2 Å². The number of amides is 1. The standard InChI is InChI=1S/C12H21N3O4S.ClH/c1-3-20(17,18)15(2)6-4-5-14-12(16)10-7-11(8-13)19-9-10;/h7,9H,3-6,8,13H2,1-2H3,(H,14,16);1H. The maximum Gasteiger partial charge on any atom is 0.254 e. The summed E-state index contributed by atoms with van der Waals surface area (Å²) in [5, 5.41) is 2.70. The predicted octanol–water partition coefficient (Wildman–Crippen LogP) is 0.561. The molecule has 0 radical (unpaired) electrons. The molecular weight excluding hydrogens is 318 g/mol. The largest absolute Gasteiger partial charge is 0.467 e. The van der Waals surface area contributed by atoms with Crippen LogP contribution in [-0.4, -0.2) is 44.5 Å². The number of nitrogens with zero attached hydrogens (tertiary/aromatic N) is 1. The molecule has 0 unspecified atom stereocenters. The van der Waals surface area contributed by atoms with E-state index in [1.54, 1.807) is 13.0 Å². The van der Waals surface area contributed by atoms with Crippen LogP contribution in [0.15, 0.2) is 16.7 Å². The van der Waals surface area contributed by atoms with Crippen molar-refractivity contribution in [3.63, 3.8) is 0 Å². The fraction of sp³-hybridized carbons (Fsp3) is 0.583. The third-order valence-corrected chi connectivity index (χ3v) is 4.75. The van der Waals surface area contributed by atoms with Crippen LogP contribution in [0.25, 0.3) is 0 Å². The number of sulfonamides is 1. The van der Waals surface area contributed by atoms with Crippen LogP contribution in [0.2, 0.25) is 0 Å². The van der Waals surface area contributed by atoms with Gasteiger partial charge in [0.15, 0.2) is 0 Å². The van der Waals surface area contributed by atoms with Crippen molar-refractivity contribution in [1.82, 2.24) is 9.62 Å². The molecule has 1 aromatic rings. The highest BCUT2D eigenvalue weighted by Crippen LogP contribution is 2.06. The van der Waals surface area contributed by atoms with Crippen molar-refractivity contribution in [2.24, 2.45) is 5.73 Å². The fourth-order valence-corrected chi connectivity index (χ4v) is 2.42. The van der Waals surface area contributed by atoms with Crippen LogP contribution >= 0.6 is 12.4 Å². The number of carbonyl (C=O) groups is 1. The molecule has 1 aromatic heterocycles. The Hall–Kier alpha value is -1.09. The Bertz CT molecular complexity index is 544. The molecule has 0 aliphatic heterocycles. The highest BCUT2D eigenvalue weighted by Gasteiger charge is 2.14. The van der Waals surface area contributed by atoms with E-state index in [1.807, 2.05) is 0 Å². The van der Waals surface area contributed by atoms with Crippen LogP contribution < -0.4 is 11.1 Å². The summed E-state index contributed by atoms with van der Waals surface area (Å²) in [6.07, 6.45) is 1.90. The van der Waals surface area contributed by atoms with Gasteiger partial charge in [0.05, 0.1) is 17.9 Å². The van der Waals surface area contributed by atoms with Gasteiger partial charge in [0.25, 0.3) is 5.91 Å². The molecule has 0 bridgehead atoms. The number of hydrogen-bond donors (Lipinski definition) is 2. The molecule has 1 amide bonds. The highest BCUT2D eigenvalue weighted by atomic mass is 35.5. The number of carbonyl (C=O) groups excluding carboxylic acids is 1. The van der Waals surface area contributed by atoms with Gasteiger partial charge < -0.3 is 15.5 Å². The molecule has 7 nitrogen and oxygen atoms in total. The number of nitrogens with two attached hydrogens (primary N) is 1. The first-order valence-electron chi connectivity index (χ1n) is 6.40. The van der Waals surface area contributed by atoms with Gasteiger partial charge in [-0.2, -0.15) is 0 Å². The van der Waals surface area contributed by atoms with Crippen molar-refractivity contribution in [3.05, 3.63) is 23.7 Å². The molecule has 0 aliphatic carbocycles. The second-order valence-electron chi connectivity index (χ2n) is 4.34. The minimum absolute atomic E-state index is 0. The monoisotopic (exact) mass is 339 g/mol. The van der Waals surface area contributed by atoms with Gasteiger partial charge in [-0.3, -0.25) is 4.79 Å². The molecule has 0 saturated heterocycles. The van der Waals surface area contributed by atoms with Crippen molar-refractivity contribution in [3.8, 4) is 0 Å². The normalized spacial score (nSPS) is 11.2. The summed E-state index contributed by atoms with van der Waals surface area (Å²) in [5.74, 6) is 0.366. The van der Waals surface area contributed by atoms with E-state index in [1.165, 1.54) is 17.6 Å². The number of rotatable bonds is 8. The van der Waals surface area contributed by atoms with Gasteiger partial charge in [-0.1, -0.05) is 0 Å². The summed E-state index contributed by atoms with van der Waals surface area (Å²) in [6, 6.07) is 1.59. The van der Waals surface area contributed by atoms with Crippen LogP contribution in [0.5, 0.6) is 0 Å². The molecule has 21 heavy (non-hydrogen) atoms. The lowest BCUT2D eigenvalue weighted by Gasteiger charge is -2.15. The number of hydrogen-bond acceptors (Lipinski definition) is 5. The van der Waals surface area contributed by atoms with E-state index in [0.29, 0.717) is 30.8 Å². The first kappa shape index (κ1) is 19.9. The summed E-state index contributed by atoms with van der Waals surface area (Å²) in [5.41, 5.74) is 5.80. The van der Waals surface area contributed by atoms with E-state index in [2.05, 4.69) is 5.32 Å². The molecular formula is C12H22ClN3O4S. The van der Waals surface area contributed by atoms with Gasteiger partial charge in [-0.25, -0.2) is 12.7 Å². The third-order valence-electron chi connectivity index (χ3n) is 2.89. The van der Waals surface area contributed by atoms with Crippen LogP contribution in [0.4, 0.5) is 0 Å². The Morgan fingerprint density at radius 3 is 2.67 bits per heavy atom. The molecule has 0 aromatic carbocycles. The molecule has 0 aliphatic rings. The number of nitrogens with one attached hydrogen (secondary N) is 1. The van der Waals surface area contributed by atoms with Gasteiger partial charge in [-0.15, -0.1) is 12.4 Å². The molecule has 9 heteroatoms. The Morgan fingerprint density at radius 1 is 1.48 bits per heavy atom. The molecule has 0 fully saturated rings. The Morgan fingerprint density at radius 2 is 2.14 bits per heavy atom. The Labute approximate surface area is 131 Å². The third kappa shape index (κ3) is 6.04. The lowest BCUT2D eigenvalue weighted by Crippen LogP contribution is -2.32. The van der Waals surface area contributed by atoms with Gasteiger partial charge in [0, 0.05) is 20.1 Å².